The Bertz CT molecular complexity index is 843. The summed E-state index contributed by atoms with van der Waals surface area (Å²) in [7, 11) is 0. The number of carbonyl (C=O) groups is 2. The number of carbonyl (C=O) groups excluding carboxylic acids is 2. The van der Waals surface area contributed by atoms with Crippen LogP contribution < -0.4 is 10.6 Å². The van der Waals surface area contributed by atoms with Crippen molar-refractivity contribution in [2.24, 2.45) is 10.9 Å². The van der Waals surface area contributed by atoms with Crippen molar-refractivity contribution in [2.75, 3.05) is 11.9 Å². The maximum absolute atomic E-state index is 12.4. The van der Waals surface area contributed by atoms with Crippen molar-refractivity contribution in [1.82, 2.24) is 5.32 Å². The number of amidine groups is 1. The molecule has 5 nitrogen and oxygen atoms in total. The summed E-state index contributed by atoms with van der Waals surface area (Å²) >= 11 is 1.34. The van der Waals surface area contributed by atoms with E-state index in [-0.39, 0.29) is 18.2 Å². The molecule has 0 aliphatic carbocycles. The van der Waals surface area contributed by atoms with Crippen molar-refractivity contribution in [3.63, 3.8) is 0 Å². The lowest BCUT2D eigenvalue weighted by molar-refractivity contribution is -0.122. The van der Waals surface area contributed by atoms with Gasteiger partial charge in [-0.3, -0.25) is 14.6 Å². The van der Waals surface area contributed by atoms with Gasteiger partial charge >= 0.3 is 0 Å². The number of aliphatic imine (C=N–C) groups is 1. The molecule has 0 saturated carbocycles. The third-order valence-electron chi connectivity index (χ3n) is 4.17. The standard InChI is InChI=1S/C20H23N3O2S/c1-13(2)10-11-21-20-23-19(25)17(26-20)12-18(24)22-16-9-5-7-14-6-3-4-8-15(14)16/h3-9,13,17H,10-12H2,1-2H3,(H,22,24)(H,21,23,25)/t17-/m1/s1. The van der Waals surface area contributed by atoms with Gasteiger partial charge in [-0.1, -0.05) is 62.0 Å². The summed E-state index contributed by atoms with van der Waals surface area (Å²) in [6, 6.07) is 13.7. The van der Waals surface area contributed by atoms with Crippen molar-refractivity contribution in [3.05, 3.63) is 42.5 Å². The van der Waals surface area contributed by atoms with E-state index in [4.69, 9.17) is 0 Å². The molecule has 1 heterocycles. The highest BCUT2D eigenvalue weighted by molar-refractivity contribution is 8.15. The Morgan fingerprint density at radius 2 is 2.00 bits per heavy atom. The zero-order valence-corrected chi connectivity index (χ0v) is 15.8. The molecule has 136 valence electrons. The van der Waals surface area contributed by atoms with E-state index in [9.17, 15) is 9.59 Å². The van der Waals surface area contributed by atoms with Crippen LogP contribution >= 0.6 is 11.8 Å². The number of hydrogen-bond acceptors (Lipinski definition) is 4. The monoisotopic (exact) mass is 369 g/mol. The van der Waals surface area contributed by atoms with E-state index in [1.807, 2.05) is 42.5 Å². The molecule has 2 aromatic carbocycles. The Balaban J connectivity index is 1.60. The first-order chi connectivity index (χ1) is 12.5. The van der Waals surface area contributed by atoms with Crippen molar-refractivity contribution < 1.29 is 9.59 Å². The number of nitrogens with one attached hydrogen (secondary N) is 2. The zero-order chi connectivity index (χ0) is 18.5. The Morgan fingerprint density at radius 1 is 1.23 bits per heavy atom. The molecule has 1 aliphatic heterocycles. The van der Waals surface area contributed by atoms with Gasteiger partial charge in [0, 0.05) is 24.0 Å². The van der Waals surface area contributed by atoms with Crippen LogP contribution in [0, 0.1) is 5.92 Å². The molecule has 6 heteroatoms. The molecule has 0 unspecified atom stereocenters. The maximum Gasteiger partial charge on any atom is 0.240 e. The molecule has 0 bridgehead atoms. The summed E-state index contributed by atoms with van der Waals surface area (Å²) in [6.45, 7) is 4.97. The number of rotatable bonds is 6. The number of amides is 2. The number of anilines is 1. The third kappa shape index (κ3) is 4.64. The van der Waals surface area contributed by atoms with E-state index in [2.05, 4.69) is 29.5 Å². The van der Waals surface area contributed by atoms with Crippen LogP contribution in [0.3, 0.4) is 0 Å². The van der Waals surface area contributed by atoms with Gasteiger partial charge in [-0.15, -0.1) is 0 Å². The number of hydrogen-bond donors (Lipinski definition) is 2. The SMILES string of the molecule is CC(C)CCN=C1NC(=O)[C@@H](CC(=O)Nc2cccc3ccccc23)S1. The van der Waals surface area contributed by atoms with Crippen LogP contribution in [-0.4, -0.2) is 28.8 Å². The molecule has 2 amide bonds. The van der Waals surface area contributed by atoms with Gasteiger partial charge in [-0.2, -0.15) is 0 Å². The largest absolute Gasteiger partial charge is 0.325 e. The van der Waals surface area contributed by atoms with Crippen LogP contribution in [0.1, 0.15) is 26.7 Å². The first-order valence-electron chi connectivity index (χ1n) is 8.82. The van der Waals surface area contributed by atoms with E-state index < -0.39 is 5.25 Å². The predicted molar refractivity (Wildman–Crippen MR) is 108 cm³/mol. The second kappa shape index (κ2) is 8.36. The van der Waals surface area contributed by atoms with Crippen molar-refractivity contribution in [3.8, 4) is 0 Å². The normalized spacial score (nSPS) is 18.5. The van der Waals surface area contributed by atoms with Gasteiger partial charge in [-0.05, 0) is 23.8 Å². The van der Waals surface area contributed by atoms with E-state index in [0.717, 1.165) is 22.9 Å². The number of nitrogens with zero attached hydrogens (tertiary/aromatic N) is 1. The van der Waals surface area contributed by atoms with Crippen molar-refractivity contribution in [1.29, 1.82) is 0 Å². The predicted octanol–water partition coefficient (Wildman–Crippen LogP) is 3.80. The molecule has 1 atom stereocenters. The molecule has 0 radical (unpaired) electrons. The summed E-state index contributed by atoms with van der Waals surface area (Å²) in [5, 5.41) is 7.96. The Morgan fingerprint density at radius 3 is 2.81 bits per heavy atom. The second-order valence-electron chi connectivity index (χ2n) is 6.74. The summed E-state index contributed by atoms with van der Waals surface area (Å²) in [6.07, 6.45) is 1.11. The van der Waals surface area contributed by atoms with Crippen LogP contribution in [0.4, 0.5) is 5.69 Å². The minimum Gasteiger partial charge on any atom is -0.325 e. The lowest BCUT2D eigenvalue weighted by Gasteiger charge is -2.10. The fourth-order valence-electron chi connectivity index (χ4n) is 2.74. The van der Waals surface area contributed by atoms with Gasteiger partial charge in [0.05, 0.1) is 0 Å². The molecule has 0 spiro atoms. The fraction of sp³-hybridized carbons (Fsp3) is 0.350. The van der Waals surface area contributed by atoms with E-state index in [1.165, 1.54) is 11.8 Å². The highest BCUT2D eigenvalue weighted by Gasteiger charge is 2.32. The maximum atomic E-state index is 12.4. The average molecular weight is 369 g/mol. The molecular weight excluding hydrogens is 346 g/mol. The molecular formula is C20H23N3O2S. The van der Waals surface area contributed by atoms with Gasteiger partial charge < -0.3 is 10.6 Å². The van der Waals surface area contributed by atoms with Gasteiger partial charge in [-0.25, -0.2) is 0 Å². The molecule has 2 aromatic rings. The summed E-state index contributed by atoms with van der Waals surface area (Å²) < 4.78 is 0. The van der Waals surface area contributed by atoms with Gasteiger partial charge in [0.1, 0.15) is 5.25 Å². The van der Waals surface area contributed by atoms with Crippen LogP contribution in [-0.2, 0) is 9.59 Å². The minimum absolute atomic E-state index is 0.128. The zero-order valence-electron chi connectivity index (χ0n) is 15.0. The quantitative estimate of drug-likeness (QED) is 0.813. The second-order valence-corrected chi connectivity index (χ2v) is 7.94. The van der Waals surface area contributed by atoms with Gasteiger partial charge in [0.25, 0.3) is 0 Å². The first kappa shape index (κ1) is 18.5. The summed E-state index contributed by atoms with van der Waals surface area (Å²) in [5.41, 5.74) is 0.766. The van der Waals surface area contributed by atoms with Crippen LogP contribution in [0.15, 0.2) is 47.5 Å². The van der Waals surface area contributed by atoms with Gasteiger partial charge in [0.15, 0.2) is 5.17 Å². The lowest BCUT2D eigenvalue weighted by Crippen LogP contribution is -2.28. The molecule has 1 saturated heterocycles. The van der Waals surface area contributed by atoms with Gasteiger partial charge in [0.2, 0.25) is 11.8 Å². The first-order valence-corrected chi connectivity index (χ1v) is 9.70. The average Bonchev–Trinajstić information content (AvgIpc) is 2.94. The van der Waals surface area contributed by atoms with Crippen molar-refractivity contribution >= 4 is 45.2 Å². The number of fused-ring (bicyclic) bond motifs is 1. The molecule has 2 N–H and O–H groups in total. The number of thioether (sulfide) groups is 1. The molecule has 26 heavy (non-hydrogen) atoms. The molecule has 1 fully saturated rings. The fourth-order valence-corrected chi connectivity index (χ4v) is 3.74. The highest BCUT2D eigenvalue weighted by Crippen LogP contribution is 2.26. The molecule has 3 rings (SSSR count). The summed E-state index contributed by atoms with van der Waals surface area (Å²) in [4.78, 5) is 28.9. The Kier molecular flexibility index (Phi) is 5.93. The minimum atomic E-state index is -0.428. The van der Waals surface area contributed by atoms with Crippen LogP contribution in [0.25, 0.3) is 10.8 Å². The lowest BCUT2D eigenvalue weighted by atomic mass is 10.1. The third-order valence-corrected chi connectivity index (χ3v) is 5.29. The Hall–Kier alpha value is -2.34. The number of benzene rings is 2. The van der Waals surface area contributed by atoms with Crippen LogP contribution in [0.2, 0.25) is 0 Å². The van der Waals surface area contributed by atoms with E-state index in [1.54, 1.807) is 0 Å². The van der Waals surface area contributed by atoms with E-state index in [0.29, 0.717) is 17.6 Å². The molecule has 0 aromatic heterocycles. The van der Waals surface area contributed by atoms with Crippen LogP contribution in [0.5, 0.6) is 0 Å². The smallest absolute Gasteiger partial charge is 0.240 e. The highest BCUT2D eigenvalue weighted by atomic mass is 32.2. The van der Waals surface area contributed by atoms with Crippen molar-refractivity contribution in [2.45, 2.75) is 31.9 Å². The molecule has 1 aliphatic rings. The van der Waals surface area contributed by atoms with E-state index >= 15 is 0 Å². The summed E-state index contributed by atoms with van der Waals surface area (Å²) in [5.74, 6) is 0.257. The topological polar surface area (TPSA) is 70.6 Å². The Labute approximate surface area is 157 Å².